The van der Waals surface area contributed by atoms with E-state index in [-0.39, 0.29) is 5.91 Å². The molecule has 1 amide bonds. The molecule has 2 fully saturated rings. The predicted molar refractivity (Wildman–Crippen MR) is 46.6 cm³/mol. The maximum Gasteiger partial charge on any atom is 0.231 e. The van der Waals surface area contributed by atoms with E-state index in [1.54, 1.807) is 0 Å². The van der Waals surface area contributed by atoms with Crippen LogP contribution in [0.25, 0.3) is 0 Å². The van der Waals surface area contributed by atoms with E-state index in [0.29, 0.717) is 12.1 Å². The molecule has 12 heavy (non-hydrogen) atoms. The van der Waals surface area contributed by atoms with Crippen LogP contribution in [-0.2, 0) is 4.79 Å². The summed E-state index contributed by atoms with van der Waals surface area (Å²) in [5.41, 5.74) is 5.59. The summed E-state index contributed by atoms with van der Waals surface area (Å²) in [6.45, 7) is 1.54. The van der Waals surface area contributed by atoms with Gasteiger partial charge < -0.3 is 5.73 Å². The fraction of sp³-hybridized carbons (Fsp3) is 0.889. The van der Waals surface area contributed by atoms with Crippen LogP contribution in [0.15, 0.2) is 0 Å². The molecule has 1 heterocycles. The van der Waals surface area contributed by atoms with E-state index in [1.807, 2.05) is 0 Å². The minimum Gasteiger partial charge on any atom is -0.369 e. The number of likely N-dealkylation sites (tertiary alicyclic amines) is 1. The van der Waals surface area contributed by atoms with Gasteiger partial charge in [-0.1, -0.05) is 0 Å². The molecule has 0 aromatic rings. The molecule has 0 radical (unpaired) electrons. The lowest BCUT2D eigenvalue weighted by Gasteiger charge is -2.45. The lowest BCUT2D eigenvalue weighted by Crippen LogP contribution is -2.51. The summed E-state index contributed by atoms with van der Waals surface area (Å²) in [5, 5.41) is 0. The van der Waals surface area contributed by atoms with Crippen LogP contribution in [0.3, 0.4) is 0 Å². The predicted octanol–water partition coefficient (Wildman–Crippen LogP) is 0.490. The molecule has 1 saturated carbocycles. The average molecular weight is 168 g/mol. The number of amides is 1. The van der Waals surface area contributed by atoms with Crippen molar-refractivity contribution in [2.24, 2.45) is 5.73 Å². The average Bonchev–Trinajstić information content (AvgIpc) is 2.28. The summed E-state index contributed by atoms with van der Waals surface area (Å²) in [4.78, 5) is 13.1. The molecule has 1 aliphatic heterocycles. The van der Waals surface area contributed by atoms with Gasteiger partial charge >= 0.3 is 0 Å². The van der Waals surface area contributed by atoms with Crippen LogP contribution in [0.2, 0.25) is 0 Å². The highest BCUT2D eigenvalue weighted by molar-refractivity contribution is 5.76. The molecule has 2 rings (SSSR count). The molecule has 0 aromatic carbocycles. The maximum absolute atomic E-state index is 10.8. The molecule has 1 spiro atoms. The summed E-state index contributed by atoms with van der Waals surface area (Å²) in [5.74, 6) is -0.178. The van der Waals surface area contributed by atoms with Crippen LogP contribution < -0.4 is 5.73 Å². The fourth-order valence-electron chi connectivity index (χ4n) is 2.58. The first-order chi connectivity index (χ1) is 5.73. The molecule has 1 saturated heterocycles. The lowest BCUT2D eigenvalue weighted by atomic mass is 9.75. The van der Waals surface area contributed by atoms with Crippen molar-refractivity contribution in [1.29, 1.82) is 0 Å². The first-order valence-corrected chi connectivity index (χ1v) is 4.76. The van der Waals surface area contributed by atoms with Gasteiger partial charge in [0.15, 0.2) is 0 Å². The van der Waals surface area contributed by atoms with E-state index < -0.39 is 0 Å². The van der Waals surface area contributed by atoms with Crippen molar-refractivity contribution in [3.05, 3.63) is 0 Å². The van der Waals surface area contributed by atoms with E-state index in [2.05, 4.69) is 4.90 Å². The number of hydrogen-bond acceptors (Lipinski definition) is 2. The van der Waals surface area contributed by atoms with E-state index >= 15 is 0 Å². The first kappa shape index (κ1) is 8.05. The molecule has 3 heteroatoms. The topological polar surface area (TPSA) is 46.3 Å². The Morgan fingerprint density at radius 2 is 2.00 bits per heavy atom. The number of nitrogens with two attached hydrogens (primary N) is 1. The third-order valence-corrected chi connectivity index (χ3v) is 3.37. The van der Waals surface area contributed by atoms with Crippen molar-refractivity contribution in [3.8, 4) is 0 Å². The largest absolute Gasteiger partial charge is 0.369 e. The summed E-state index contributed by atoms with van der Waals surface area (Å²) in [7, 11) is 0. The second kappa shape index (κ2) is 2.73. The molecule has 0 aromatic heterocycles. The van der Waals surface area contributed by atoms with Crippen LogP contribution in [0.4, 0.5) is 0 Å². The Bertz CT molecular complexity index is 199. The van der Waals surface area contributed by atoms with E-state index in [1.165, 1.54) is 32.1 Å². The monoisotopic (exact) mass is 168 g/mol. The summed E-state index contributed by atoms with van der Waals surface area (Å²) < 4.78 is 0. The Morgan fingerprint density at radius 3 is 2.50 bits per heavy atom. The van der Waals surface area contributed by atoms with Crippen LogP contribution >= 0.6 is 0 Å². The van der Waals surface area contributed by atoms with Gasteiger partial charge in [-0.15, -0.1) is 0 Å². The Labute approximate surface area is 72.9 Å². The van der Waals surface area contributed by atoms with E-state index in [0.717, 1.165) is 6.54 Å². The van der Waals surface area contributed by atoms with Crippen LogP contribution in [0.5, 0.6) is 0 Å². The fourth-order valence-corrected chi connectivity index (χ4v) is 2.58. The lowest BCUT2D eigenvalue weighted by molar-refractivity contribution is -0.121. The first-order valence-electron chi connectivity index (χ1n) is 4.76. The number of nitrogens with zero attached hydrogens (tertiary/aromatic N) is 1. The van der Waals surface area contributed by atoms with E-state index in [9.17, 15) is 4.79 Å². The Morgan fingerprint density at radius 1 is 1.33 bits per heavy atom. The van der Waals surface area contributed by atoms with Crippen LogP contribution in [0, 0.1) is 0 Å². The molecule has 0 unspecified atom stereocenters. The summed E-state index contributed by atoms with van der Waals surface area (Å²) in [6, 6.07) is 0. The van der Waals surface area contributed by atoms with Gasteiger partial charge in [0.2, 0.25) is 5.91 Å². The van der Waals surface area contributed by atoms with Crippen molar-refractivity contribution >= 4 is 5.91 Å². The van der Waals surface area contributed by atoms with Gasteiger partial charge in [-0.25, -0.2) is 0 Å². The number of rotatable bonds is 2. The SMILES string of the molecule is NC(=O)CN1CCCC12CCC2. The zero-order valence-electron chi connectivity index (χ0n) is 7.38. The highest BCUT2D eigenvalue weighted by atomic mass is 16.1. The van der Waals surface area contributed by atoms with Gasteiger partial charge in [0, 0.05) is 5.54 Å². The molecular weight excluding hydrogens is 152 g/mol. The van der Waals surface area contributed by atoms with Gasteiger partial charge in [-0.3, -0.25) is 9.69 Å². The normalized spacial score (nSPS) is 27.3. The molecule has 2 N–H and O–H groups in total. The molecule has 68 valence electrons. The van der Waals surface area contributed by atoms with Gasteiger partial charge in [-0.05, 0) is 38.6 Å². The summed E-state index contributed by atoms with van der Waals surface area (Å²) in [6.07, 6.45) is 6.41. The zero-order valence-corrected chi connectivity index (χ0v) is 7.38. The molecule has 0 atom stereocenters. The Kier molecular flexibility index (Phi) is 1.83. The van der Waals surface area contributed by atoms with Crippen molar-refractivity contribution < 1.29 is 4.79 Å². The van der Waals surface area contributed by atoms with Crippen molar-refractivity contribution in [1.82, 2.24) is 4.90 Å². The Balaban J connectivity index is 1.99. The molecular formula is C9H16N2O. The van der Waals surface area contributed by atoms with Gasteiger partial charge in [0.05, 0.1) is 6.54 Å². The number of hydrogen-bond donors (Lipinski definition) is 1. The zero-order chi connectivity index (χ0) is 8.60. The van der Waals surface area contributed by atoms with Crippen molar-refractivity contribution in [3.63, 3.8) is 0 Å². The number of carbonyl (C=O) groups is 1. The van der Waals surface area contributed by atoms with Gasteiger partial charge in [-0.2, -0.15) is 0 Å². The molecule has 3 nitrogen and oxygen atoms in total. The van der Waals surface area contributed by atoms with Gasteiger partial charge in [0.25, 0.3) is 0 Å². The quantitative estimate of drug-likeness (QED) is 0.652. The van der Waals surface area contributed by atoms with Crippen LogP contribution in [0.1, 0.15) is 32.1 Å². The highest BCUT2D eigenvalue weighted by Crippen LogP contribution is 2.44. The van der Waals surface area contributed by atoms with Crippen molar-refractivity contribution in [2.45, 2.75) is 37.6 Å². The van der Waals surface area contributed by atoms with Crippen molar-refractivity contribution in [2.75, 3.05) is 13.1 Å². The number of primary amides is 1. The molecule has 0 bridgehead atoms. The second-order valence-corrected chi connectivity index (χ2v) is 4.07. The third kappa shape index (κ3) is 1.12. The highest BCUT2D eigenvalue weighted by Gasteiger charge is 2.45. The Hall–Kier alpha value is -0.570. The third-order valence-electron chi connectivity index (χ3n) is 3.37. The molecule has 2 aliphatic rings. The van der Waals surface area contributed by atoms with Gasteiger partial charge in [0.1, 0.15) is 0 Å². The number of carbonyl (C=O) groups excluding carboxylic acids is 1. The molecule has 1 aliphatic carbocycles. The maximum atomic E-state index is 10.8. The second-order valence-electron chi connectivity index (χ2n) is 4.07. The van der Waals surface area contributed by atoms with E-state index in [4.69, 9.17) is 5.73 Å². The minimum atomic E-state index is -0.178. The van der Waals surface area contributed by atoms with Crippen LogP contribution in [-0.4, -0.2) is 29.4 Å². The summed E-state index contributed by atoms with van der Waals surface area (Å²) >= 11 is 0. The minimum absolute atomic E-state index is 0.178. The standard InChI is InChI=1S/C9H16N2O/c10-8(12)7-11-6-2-5-9(11)3-1-4-9/h1-7H2,(H2,10,12). The smallest absolute Gasteiger partial charge is 0.231 e.